The third-order valence-electron chi connectivity index (χ3n) is 21.9. The number of urea groups is 2. The van der Waals surface area contributed by atoms with Gasteiger partial charge in [0.25, 0.3) is 0 Å². The third-order valence-corrected chi connectivity index (χ3v) is 22.6. The number of aliphatic carboxylic acids is 2. The molecule has 4 rings (SSSR count). The number of phenols is 1. The SMILES string of the molecule is N=C(N)NCCC[C@H](NC(=O)[C@H](CS)NC(=O)[C@H](CCCNC(N)=O)NC(=O)[C@H](CCCNC(=N)N)NC(=O)[C@@H](CCC(=O)O)NC(=O)[C@@H]1CCCN1C(=O)[C@@H](CCC(=O)O)NC(=O)[C@H](CCCCN)NC(=O)[C@H](CCCNC(N)=O)NC(=O)[C@H](Cc1ccc(O)cc1)NC(=O)[C@H](CS)NC(=O)[C@H](Cc1ccc2ccccc2c1)NC(=O)[C@H](CCCNC(=N)N)NC(=O)[C@@H](N)CCCNC(=N)N)C(N)=O. The van der Waals surface area contributed by atoms with Crippen molar-refractivity contribution in [1.29, 1.82) is 21.6 Å². The number of carbonyl (C=O) groups is 18. The number of thiol groups is 2. The predicted molar refractivity (Wildman–Crippen MR) is 519 cm³/mol. The molecule has 53 nitrogen and oxygen atoms in total. The van der Waals surface area contributed by atoms with E-state index < -0.39 is 241 Å². The van der Waals surface area contributed by atoms with Crippen LogP contribution >= 0.6 is 25.3 Å². The molecular weight excluding hydrogens is 1870 g/mol. The van der Waals surface area contributed by atoms with Crippen LogP contribution in [0.15, 0.2) is 66.7 Å². The predicted octanol–water partition coefficient (Wildman–Crippen LogP) is -8.38. The zero-order valence-corrected chi connectivity index (χ0v) is 79.3. The standard InChI is InChI=1S/C85H136N32O21S2/c86-32-4-3-15-52(70(127)112-58(29-31-65(121)122)79(136)117-39-11-21-63(117)78(135)111-57(28-30-64(119)120)73(130)109-54(18-8-36-102-83(95)96)68(125)108-56(20-10-38-104-85(98)138)72(129)115-61(43-139)76(133)105-51(66(88)123)16-6-34-100-81(91)92)107-69(126)55(19-9-37-103-84(97)137)110-74(131)59(41-45-23-26-49(118)27-24-45)114-77(134)62(44-140)116-75(132)60(42-46-22-25-47-12-1-2-13-48(47)40-46)113-71(128)53(17-7-35-101-82(93)94)106-67(124)50(87)14-5-33-99-80(89)90/h1-2,12-13,22-27,40,50-63,118,139-140H,3-11,14-21,28-39,41-44,86-87H2,(H2,88,123)(H,105,133)(H,106,124)(H,107,126)(H,108,125)(H,109,130)(H,110,131)(H,111,135)(H,112,127)(H,113,128)(H,114,134)(H,115,129)(H,116,132)(H,119,120)(H,121,122)(H4,89,90,99)(H4,91,92,100)(H4,93,94,101)(H4,95,96,102)(H3,97,103,137)(H3,98,104,138)/t50-,51-,52-,53-,54-,55-,56-,57+,58+,59-,60-,61-,62-,63-/m0/s1. The van der Waals surface area contributed by atoms with E-state index in [1.165, 1.54) is 24.3 Å². The first-order chi connectivity index (χ1) is 66.4. The van der Waals surface area contributed by atoms with Crippen LogP contribution in [0, 0.1) is 21.6 Å². The molecule has 1 aliphatic heterocycles. The van der Waals surface area contributed by atoms with Crippen molar-refractivity contribution in [1.82, 2.24) is 101 Å². The highest BCUT2D eigenvalue weighted by atomic mass is 32.1. The van der Waals surface area contributed by atoms with Crippen LogP contribution < -0.4 is 147 Å². The minimum atomic E-state index is -1.85. The number of nitrogens with zero attached hydrogens (tertiary/aromatic N) is 1. The Labute approximate surface area is 817 Å². The van der Waals surface area contributed by atoms with E-state index >= 15 is 14.4 Å². The maximum atomic E-state index is 15.1. The summed E-state index contributed by atoms with van der Waals surface area (Å²) in [6.07, 6.45) is -4.18. The highest BCUT2D eigenvalue weighted by Crippen LogP contribution is 2.23. The second-order valence-electron chi connectivity index (χ2n) is 33.0. The number of aromatic hydroxyl groups is 1. The van der Waals surface area contributed by atoms with E-state index in [2.05, 4.69) is 121 Å². The van der Waals surface area contributed by atoms with Gasteiger partial charge in [-0.2, -0.15) is 25.3 Å². The van der Waals surface area contributed by atoms with Crippen molar-refractivity contribution in [2.45, 2.75) is 232 Å². The summed E-state index contributed by atoms with van der Waals surface area (Å²) in [5.74, 6) is -19.8. The van der Waals surface area contributed by atoms with Gasteiger partial charge in [-0.1, -0.05) is 54.6 Å². The summed E-state index contributed by atoms with van der Waals surface area (Å²) in [6.45, 7) is -0.229. The van der Waals surface area contributed by atoms with Gasteiger partial charge in [-0.25, -0.2) is 9.59 Å². The number of primary amides is 3. The molecule has 1 fully saturated rings. The number of carboxylic acids is 2. The Morgan fingerprint density at radius 3 is 1.08 bits per heavy atom. The molecule has 0 aliphatic carbocycles. The van der Waals surface area contributed by atoms with Crippen LogP contribution in [0.2, 0.25) is 0 Å². The Morgan fingerprint density at radius 2 is 0.686 bits per heavy atom. The molecule has 55 heteroatoms. The molecule has 1 saturated heterocycles. The fraction of sp³-hybridized carbons (Fsp3) is 0.553. The summed E-state index contributed by atoms with van der Waals surface area (Å²) in [6, 6.07) is -6.06. The normalized spacial score (nSPS) is 14.8. The molecule has 0 spiro atoms. The molecule has 3 aromatic rings. The van der Waals surface area contributed by atoms with Crippen molar-refractivity contribution in [3.8, 4) is 5.75 Å². The molecule has 0 unspecified atom stereocenters. The summed E-state index contributed by atoms with van der Waals surface area (Å²) < 4.78 is 0. The van der Waals surface area contributed by atoms with Gasteiger partial charge in [-0.3, -0.25) is 98.3 Å². The van der Waals surface area contributed by atoms with Gasteiger partial charge in [0.2, 0.25) is 82.7 Å². The van der Waals surface area contributed by atoms with E-state index in [9.17, 15) is 87.2 Å². The topological polar surface area (TPSA) is 917 Å². The zero-order valence-electron chi connectivity index (χ0n) is 77.5. The number of likely N-dealkylation sites (tertiary alicyclic amines) is 1. The van der Waals surface area contributed by atoms with Gasteiger partial charge in [0.1, 0.15) is 84.3 Å². The Morgan fingerprint density at radius 1 is 0.364 bits per heavy atom. The number of nitrogens with two attached hydrogens (primary N) is 9. The molecule has 0 bridgehead atoms. The fourth-order valence-corrected chi connectivity index (χ4v) is 15.0. The Balaban J connectivity index is 1.70. The van der Waals surface area contributed by atoms with E-state index in [0.717, 1.165) is 15.7 Å². The Hall–Kier alpha value is -14.5. The van der Waals surface area contributed by atoms with E-state index in [-0.39, 0.29) is 185 Å². The number of hydrogen-bond donors (Lipinski definition) is 36. The fourth-order valence-electron chi connectivity index (χ4n) is 14.5. The lowest BCUT2D eigenvalue weighted by Crippen LogP contribution is -2.61. The number of benzene rings is 3. The molecule has 140 heavy (non-hydrogen) atoms. The van der Waals surface area contributed by atoms with Crippen LogP contribution in [0.3, 0.4) is 0 Å². The molecule has 14 atom stereocenters. The minimum Gasteiger partial charge on any atom is -0.508 e. The van der Waals surface area contributed by atoms with Crippen molar-refractivity contribution >= 4 is 167 Å². The average Bonchev–Trinajstić information content (AvgIpc) is 1.79. The average molecular weight is 2010 g/mol. The number of hydrogen-bond acceptors (Lipinski definition) is 27. The number of nitrogens with one attached hydrogen (secondary N) is 22. The van der Waals surface area contributed by atoms with Crippen LogP contribution in [0.1, 0.15) is 146 Å². The van der Waals surface area contributed by atoms with Crippen molar-refractivity contribution in [2.24, 2.45) is 51.6 Å². The number of rotatable bonds is 66. The van der Waals surface area contributed by atoms with Crippen LogP contribution in [-0.2, 0) is 89.6 Å². The first-order valence-electron chi connectivity index (χ1n) is 45.4. The quantitative estimate of drug-likeness (QED) is 0.0108. The smallest absolute Gasteiger partial charge is 0.312 e. The molecule has 18 amide bonds. The number of guanidine groups is 4. The summed E-state index contributed by atoms with van der Waals surface area (Å²) in [4.78, 5) is 252. The lowest BCUT2D eigenvalue weighted by molar-refractivity contribution is -0.144. The molecule has 0 saturated carbocycles. The molecule has 43 N–H and O–H groups in total. The zero-order chi connectivity index (χ0) is 104. The molecule has 1 aliphatic rings. The van der Waals surface area contributed by atoms with E-state index in [4.69, 9.17) is 73.2 Å². The first-order valence-corrected chi connectivity index (χ1v) is 46.7. The Kier molecular flexibility index (Phi) is 53.1. The molecule has 774 valence electrons. The van der Waals surface area contributed by atoms with E-state index in [1.807, 2.05) is 18.2 Å². The third kappa shape index (κ3) is 45.2. The van der Waals surface area contributed by atoms with Crippen molar-refractivity contribution < 1.29 is 102 Å². The second kappa shape index (κ2) is 63.1. The Bertz CT molecular complexity index is 4760. The highest BCUT2D eigenvalue weighted by molar-refractivity contribution is 7.80. The molecule has 3 aromatic carbocycles. The number of fused-ring (bicyclic) bond motifs is 1. The first kappa shape index (κ1) is 118. The lowest BCUT2D eigenvalue weighted by Gasteiger charge is -2.31. The van der Waals surface area contributed by atoms with Crippen LogP contribution in [0.25, 0.3) is 10.8 Å². The lowest BCUT2D eigenvalue weighted by atomic mass is 10.00. The van der Waals surface area contributed by atoms with Crippen LogP contribution in [0.4, 0.5) is 9.59 Å². The van der Waals surface area contributed by atoms with Gasteiger partial charge < -0.3 is 168 Å². The number of amides is 18. The van der Waals surface area contributed by atoms with Gasteiger partial charge >= 0.3 is 24.0 Å². The number of phenolic OH excluding ortho intramolecular Hbond substituents is 1. The van der Waals surface area contributed by atoms with Gasteiger partial charge in [-0.15, -0.1) is 0 Å². The largest absolute Gasteiger partial charge is 0.508 e. The van der Waals surface area contributed by atoms with Crippen molar-refractivity contribution in [3.63, 3.8) is 0 Å². The monoisotopic (exact) mass is 2000 g/mol. The van der Waals surface area contributed by atoms with Gasteiger partial charge in [0.15, 0.2) is 23.8 Å². The van der Waals surface area contributed by atoms with E-state index in [0.29, 0.717) is 17.5 Å². The van der Waals surface area contributed by atoms with Crippen LogP contribution in [0.5, 0.6) is 5.75 Å². The maximum absolute atomic E-state index is 15.1. The van der Waals surface area contributed by atoms with E-state index in [1.54, 1.807) is 24.3 Å². The molecule has 1 heterocycles. The van der Waals surface area contributed by atoms with Gasteiger partial charge in [0, 0.05) is 83.0 Å². The highest BCUT2D eigenvalue weighted by Gasteiger charge is 2.42. The summed E-state index contributed by atoms with van der Waals surface area (Å²) in [7, 11) is 0. The van der Waals surface area contributed by atoms with Gasteiger partial charge in [-0.05, 0) is 163 Å². The second-order valence-corrected chi connectivity index (χ2v) is 33.7. The van der Waals surface area contributed by atoms with Crippen molar-refractivity contribution in [3.05, 3.63) is 77.9 Å². The maximum Gasteiger partial charge on any atom is 0.312 e. The van der Waals surface area contributed by atoms with Gasteiger partial charge in [0.05, 0.1) is 6.04 Å². The molecule has 0 radical (unpaired) electrons. The summed E-state index contributed by atoms with van der Waals surface area (Å²) in [5.41, 5.74) is 50.9. The van der Waals surface area contributed by atoms with Crippen molar-refractivity contribution in [2.75, 3.05) is 63.9 Å². The molecular formula is C85H136N32O21S2. The molecule has 0 aromatic heterocycles. The number of carbonyl (C=O) groups excluding carboxylic acids is 16. The minimum absolute atomic E-state index is 0.0347. The summed E-state index contributed by atoms with van der Waals surface area (Å²) in [5, 5.41) is 108. The number of unbranched alkanes of at least 4 members (excludes halogenated alkanes) is 1. The number of carboxylic acid groups (broad SMARTS) is 2. The summed E-state index contributed by atoms with van der Waals surface area (Å²) >= 11 is 8.63. The van der Waals surface area contributed by atoms with Crippen LogP contribution in [-0.4, -0.2) is 299 Å².